The molecular weight excluding hydrogens is 180 g/mol. The fraction of sp³-hybridized carbons (Fsp3) is 0.167. The maximum absolute atomic E-state index is 10.5. The number of carbonyl (C=O) groups is 1. The zero-order valence-corrected chi connectivity index (χ0v) is 7.05. The van der Waals surface area contributed by atoms with Crippen LogP contribution in [0.5, 0.6) is 0 Å². The Morgan fingerprint density at radius 1 is 1.75 bits per heavy atom. The molecule has 0 aliphatic heterocycles. The molecule has 1 amide bonds. The van der Waals surface area contributed by atoms with Gasteiger partial charge in [-0.2, -0.15) is 0 Å². The average molecular weight is 186 g/mol. The molecule has 0 aliphatic rings. The number of hydrogen-bond acceptors (Lipinski definition) is 4. The summed E-state index contributed by atoms with van der Waals surface area (Å²) in [7, 11) is 0. The second-order valence-corrected chi connectivity index (χ2v) is 3.02. The van der Waals surface area contributed by atoms with Gasteiger partial charge in [0.2, 0.25) is 5.91 Å². The van der Waals surface area contributed by atoms with Gasteiger partial charge in [-0.3, -0.25) is 14.9 Å². The Bertz CT molecular complexity index is 320. The van der Waals surface area contributed by atoms with Gasteiger partial charge in [-0.25, -0.2) is 0 Å². The molecule has 0 saturated carbocycles. The number of nitrogens with one attached hydrogen (secondary N) is 1. The van der Waals surface area contributed by atoms with E-state index in [1.165, 1.54) is 18.4 Å². The van der Waals surface area contributed by atoms with E-state index in [-0.39, 0.29) is 11.6 Å². The quantitative estimate of drug-likeness (QED) is 0.563. The van der Waals surface area contributed by atoms with Crippen LogP contribution >= 0.6 is 11.3 Å². The summed E-state index contributed by atoms with van der Waals surface area (Å²) in [6.45, 7) is 1.35. The SMILES string of the molecule is CC(=O)Nc1cc([N+](=O)[O-])cs1. The fourth-order valence-electron chi connectivity index (χ4n) is 0.661. The van der Waals surface area contributed by atoms with E-state index < -0.39 is 4.92 Å². The lowest BCUT2D eigenvalue weighted by Crippen LogP contribution is -2.03. The molecule has 5 nitrogen and oxygen atoms in total. The maximum Gasteiger partial charge on any atom is 0.282 e. The van der Waals surface area contributed by atoms with Crippen molar-refractivity contribution in [1.82, 2.24) is 0 Å². The van der Waals surface area contributed by atoms with Gasteiger partial charge in [-0.15, -0.1) is 11.3 Å². The second kappa shape index (κ2) is 3.31. The number of anilines is 1. The predicted octanol–water partition coefficient (Wildman–Crippen LogP) is 1.61. The third kappa shape index (κ3) is 2.03. The number of amides is 1. The molecule has 0 atom stereocenters. The first kappa shape index (κ1) is 8.66. The van der Waals surface area contributed by atoms with Gasteiger partial charge in [0.15, 0.2) is 0 Å². The molecule has 1 heterocycles. The van der Waals surface area contributed by atoms with Crippen LogP contribution in [-0.2, 0) is 4.79 Å². The lowest BCUT2D eigenvalue weighted by atomic mass is 10.5. The number of hydrogen-bond donors (Lipinski definition) is 1. The molecule has 0 fully saturated rings. The summed E-state index contributed by atoms with van der Waals surface area (Å²) in [5, 5.41) is 14.5. The molecule has 0 unspecified atom stereocenters. The van der Waals surface area contributed by atoms with E-state index in [1.807, 2.05) is 0 Å². The first-order chi connectivity index (χ1) is 5.59. The van der Waals surface area contributed by atoms with Crippen molar-refractivity contribution in [3.8, 4) is 0 Å². The van der Waals surface area contributed by atoms with Crippen molar-refractivity contribution in [3.05, 3.63) is 21.6 Å². The average Bonchev–Trinajstić information content (AvgIpc) is 2.34. The monoisotopic (exact) mass is 186 g/mol. The van der Waals surface area contributed by atoms with Crippen molar-refractivity contribution in [1.29, 1.82) is 0 Å². The largest absolute Gasteiger partial charge is 0.318 e. The maximum atomic E-state index is 10.5. The van der Waals surface area contributed by atoms with Gasteiger partial charge in [0, 0.05) is 6.92 Å². The van der Waals surface area contributed by atoms with Gasteiger partial charge in [0.1, 0.15) is 5.00 Å². The molecule has 0 spiro atoms. The number of thiophene rings is 1. The molecule has 0 saturated heterocycles. The molecular formula is C6H6N2O3S. The van der Waals surface area contributed by atoms with Gasteiger partial charge in [-0.05, 0) is 0 Å². The Morgan fingerprint density at radius 3 is 2.83 bits per heavy atom. The van der Waals surface area contributed by atoms with Crippen molar-refractivity contribution in [2.24, 2.45) is 0 Å². The van der Waals surface area contributed by atoms with Crippen molar-refractivity contribution in [2.45, 2.75) is 6.92 Å². The fourth-order valence-corrected chi connectivity index (χ4v) is 1.45. The van der Waals surface area contributed by atoms with E-state index >= 15 is 0 Å². The van der Waals surface area contributed by atoms with Crippen LogP contribution < -0.4 is 5.32 Å². The summed E-state index contributed by atoms with van der Waals surface area (Å²) in [5.74, 6) is -0.230. The highest BCUT2D eigenvalue weighted by molar-refractivity contribution is 7.14. The van der Waals surface area contributed by atoms with Crippen molar-refractivity contribution >= 4 is 27.9 Å². The highest BCUT2D eigenvalue weighted by atomic mass is 32.1. The molecule has 0 aromatic carbocycles. The minimum Gasteiger partial charge on any atom is -0.318 e. The zero-order chi connectivity index (χ0) is 9.14. The molecule has 0 radical (unpaired) electrons. The normalized spacial score (nSPS) is 9.42. The van der Waals surface area contributed by atoms with E-state index in [0.29, 0.717) is 5.00 Å². The molecule has 1 aromatic rings. The van der Waals surface area contributed by atoms with Crippen molar-refractivity contribution in [2.75, 3.05) is 5.32 Å². The topological polar surface area (TPSA) is 72.2 Å². The Balaban J connectivity index is 2.77. The summed E-state index contributed by atoms with van der Waals surface area (Å²) < 4.78 is 0. The van der Waals surface area contributed by atoms with Crippen LogP contribution in [0, 0.1) is 10.1 Å². The molecule has 1 N–H and O–H groups in total. The molecule has 0 aliphatic carbocycles. The number of nitro groups is 1. The first-order valence-corrected chi connectivity index (χ1v) is 3.98. The summed E-state index contributed by atoms with van der Waals surface area (Å²) in [5.41, 5.74) is 0.00347. The van der Waals surface area contributed by atoms with Gasteiger partial charge in [0.05, 0.1) is 16.4 Å². The standard InChI is InChI=1S/C6H6N2O3S/c1-4(9)7-6-2-5(3-12-6)8(10)11/h2-3H,1H3,(H,7,9). The van der Waals surface area contributed by atoms with E-state index in [4.69, 9.17) is 0 Å². The van der Waals surface area contributed by atoms with Gasteiger partial charge >= 0.3 is 0 Å². The molecule has 6 heteroatoms. The predicted molar refractivity (Wildman–Crippen MR) is 45.3 cm³/mol. The Labute approximate surface area is 72.2 Å². The lowest BCUT2D eigenvalue weighted by Gasteiger charge is -1.92. The number of rotatable bonds is 2. The zero-order valence-electron chi connectivity index (χ0n) is 6.23. The summed E-state index contributed by atoms with van der Waals surface area (Å²) in [4.78, 5) is 20.2. The highest BCUT2D eigenvalue weighted by Crippen LogP contribution is 2.25. The molecule has 64 valence electrons. The van der Waals surface area contributed by atoms with Gasteiger partial charge in [-0.1, -0.05) is 0 Å². The van der Waals surface area contributed by atoms with Crippen molar-refractivity contribution < 1.29 is 9.72 Å². The van der Waals surface area contributed by atoms with Crippen LogP contribution in [-0.4, -0.2) is 10.8 Å². The summed E-state index contributed by atoms with van der Waals surface area (Å²) >= 11 is 1.13. The summed E-state index contributed by atoms with van der Waals surface area (Å²) in [6.07, 6.45) is 0. The van der Waals surface area contributed by atoms with Gasteiger partial charge in [0.25, 0.3) is 5.69 Å². The van der Waals surface area contributed by atoms with Gasteiger partial charge < -0.3 is 5.32 Å². The Morgan fingerprint density at radius 2 is 2.42 bits per heavy atom. The minimum absolute atomic E-state index is 0.00347. The molecule has 12 heavy (non-hydrogen) atoms. The van der Waals surface area contributed by atoms with Crippen LogP contribution in [0.25, 0.3) is 0 Å². The number of carbonyl (C=O) groups excluding carboxylic acids is 1. The molecule has 1 aromatic heterocycles. The van der Waals surface area contributed by atoms with Crippen LogP contribution in [0.15, 0.2) is 11.4 Å². The minimum atomic E-state index is -0.498. The smallest absolute Gasteiger partial charge is 0.282 e. The third-order valence-electron chi connectivity index (χ3n) is 1.10. The summed E-state index contributed by atoms with van der Waals surface area (Å²) in [6, 6.07) is 1.33. The number of nitrogens with zero attached hydrogens (tertiary/aromatic N) is 1. The third-order valence-corrected chi connectivity index (χ3v) is 1.93. The molecule has 0 bridgehead atoms. The Hall–Kier alpha value is -1.43. The Kier molecular flexibility index (Phi) is 2.39. The molecule has 1 rings (SSSR count). The van der Waals surface area contributed by atoms with E-state index in [0.717, 1.165) is 11.3 Å². The van der Waals surface area contributed by atoms with E-state index in [1.54, 1.807) is 0 Å². The first-order valence-electron chi connectivity index (χ1n) is 3.10. The van der Waals surface area contributed by atoms with Crippen LogP contribution in [0.2, 0.25) is 0 Å². The highest BCUT2D eigenvalue weighted by Gasteiger charge is 2.09. The van der Waals surface area contributed by atoms with E-state index in [2.05, 4.69) is 5.32 Å². The van der Waals surface area contributed by atoms with Crippen LogP contribution in [0.1, 0.15) is 6.92 Å². The van der Waals surface area contributed by atoms with Crippen molar-refractivity contribution in [3.63, 3.8) is 0 Å². The van der Waals surface area contributed by atoms with Crippen LogP contribution in [0.4, 0.5) is 10.7 Å². The lowest BCUT2D eigenvalue weighted by molar-refractivity contribution is -0.384. The van der Waals surface area contributed by atoms with Crippen LogP contribution in [0.3, 0.4) is 0 Å². The van der Waals surface area contributed by atoms with E-state index in [9.17, 15) is 14.9 Å². The second-order valence-electron chi connectivity index (χ2n) is 2.11.